The maximum absolute atomic E-state index is 13.8. The highest BCUT2D eigenvalue weighted by molar-refractivity contribution is 8.33. The standard InChI is InChI=1S/C34H28OS3/c35-33(28-18-8-2-9-19-28)26-32(27-16-6-1-7-17-27)34(36-29-20-10-3-11-21-29,37-30-22-12-4-13-23-30)38-31-24-14-5-15-25-31/h1-25,32H,26H2/t32-/m1/s1. The van der Waals surface area contributed by atoms with Crippen molar-refractivity contribution in [2.45, 2.75) is 30.4 Å². The van der Waals surface area contributed by atoms with Crippen LogP contribution in [0.2, 0.25) is 0 Å². The number of hydrogen-bond donors (Lipinski definition) is 0. The summed E-state index contributed by atoms with van der Waals surface area (Å²) in [5.41, 5.74) is 1.91. The van der Waals surface area contributed by atoms with Crippen molar-refractivity contribution in [2.75, 3.05) is 0 Å². The Bertz CT molecular complexity index is 1310. The molecule has 1 atom stereocenters. The van der Waals surface area contributed by atoms with Gasteiger partial charge in [0, 0.05) is 32.6 Å². The molecule has 0 aromatic heterocycles. The van der Waals surface area contributed by atoms with E-state index in [4.69, 9.17) is 0 Å². The summed E-state index contributed by atoms with van der Waals surface area (Å²) in [4.78, 5) is 17.3. The van der Waals surface area contributed by atoms with E-state index in [1.807, 2.05) is 89.9 Å². The quantitative estimate of drug-likeness (QED) is 0.0927. The fourth-order valence-electron chi connectivity index (χ4n) is 4.29. The Labute approximate surface area is 238 Å². The summed E-state index contributed by atoms with van der Waals surface area (Å²) in [5.74, 6) is 0.0665. The topological polar surface area (TPSA) is 17.1 Å². The predicted molar refractivity (Wildman–Crippen MR) is 164 cm³/mol. The molecule has 0 aliphatic heterocycles. The number of hydrogen-bond acceptors (Lipinski definition) is 4. The van der Waals surface area contributed by atoms with Gasteiger partial charge in [0.2, 0.25) is 0 Å². The summed E-state index contributed by atoms with van der Waals surface area (Å²) >= 11 is 5.52. The molecule has 0 saturated heterocycles. The van der Waals surface area contributed by atoms with Gasteiger partial charge in [-0.15, -0.1) is 0 Å². The molecule has 5 aromatic rings. The van der Waals surface area contributed by atoms with Crippen LogP contribution in [0, 0.1) is 0 Å². The highest BCUT2D eigenvalue weighted by atomic mass is 32.3. The summed E-state index contributed by atoms with van der Waals surface area (Å²) < 4.78 is -0.476. The Kier molecular flexibility index (Phi) is 9.08. The van der Waals surface area contributed by atoms with Gasteiger partial charge in [-0.05, 0) is 42.0 Å². The van der Waals surface area contributed by atoms with E-state index in [1.54, 1.807) is 0 Å². The van der Waals surface area contributed by atoms with Gasteiger partial charge in [-0.2, -0.15) is 0 Å². The Morgan fingerprint density at radius 1 is 0.500 bits per heavy atom. The summed E-state index contributed by atoms with van der Waals surface area (Å²) in [6.45, 7) is 0. The van der Waals surface area contributed by atoms with Crippen LogP contribution in [-0.2, 0) is 0 Å². The second-order valence-electron chi connectivity index (χ2n) is 8.81. The number of carbonyl (C=O) groups excluding carboxylic acids is 1. The molecule has 0 fully saturated rings. The summed E-state index contributed by atoms with van der Waals surface area (Å²) in [6, 6.07) is 51.8. The van der Waals surface area contributed by atoms with Crippen LogP contribution < -0.4 is 0 Å². The third-order valence-corrected chi connectivity index (χ3v) is 10.9. The van der Waals surface area contributed by atoms with Gasteiger partial charge in [-0.25, -0.2) is 0 Å². The molecule has 5 rings (SSSR count). The van der Waals surface area contributed by atoms with Crippen molar-refractivity contribution in [2.24, 2.45) is 0 Å². The molecule has 0 radical (unpaired) electrons. The minimum absolute atomic E-state index is 0.0861. The van der Waals surface area contributed by atoms with E-state index in [0.717, 1.165) is 11.1 Å². The van der Waals surface area contributed by atoms with E-state index in [1.165, 1.54) is 14.7 Å². The molecule has 38 heavy (non-hydrogen) atoms. The number of ketones is 1. The largest absolute Gasteiger partial charge is 0.294 e. The lowest BCUT2D eigenvalue weighted by molar-refractivity contribution is 0.0974. The third kappa shape index (κ3) is 6.82. The van der Waals surface area contributed by atoms with Crippen molar-refractivity contribution in [1.29, 1.82) is 0 Å². The van der Waals surface area contributed by atoms with Gasteiger partial charge in [0.1, 0.15) is 3.41 Å². The zero-order chi connectivity index (χ0) is 26.0. The third-order valence-electron chi connectivity index (χ3n) is 6.12. The van der Waals surface area contributed by atoms with Crippen LogP contribution in [0.25, 0.3) is 0 Å². The van der Waals surface area contributed by atoms with E-state index in [-0.39, 0.29) is 11.7 Å². The first-order chi connectivity index (χ1) is 18.7. The lowest BCUT2D eigenvalue weighted by atomic mass is 9.92. The van der Waals surface area contributed by atoms with Crippen molar-refractivity contribution < 1.29 is 4.79 Å². The normalized spacial score (nSPS) is 12.1. The average molecular weight is 549 g/mol. The average Bonchev–Trinajstić information content (AvgIpc) is 2.98. The number of benzene rings is 5. The summed E-state index contributed by atoms with van der Waals surface area (Å²) in [5, 5.41) is 0. The number of Topliss-reactive ketones (excluding diaryl/α,β-unsaturated/α-hetero) is 1. The monoisotopic (exact) mass is 548 g/mol. The minimum atomic E-state index is -0.476. The van der Waals surface area contributed by atoms with Gasteiger partial charge in [-0.1, -0.05) is 151 Å². The molecule has 0 spiro atoms. The first-order valence-corrected chi connectivity index (χ1v) is 15.0. The number of thioether (sulfide) groups is 3. The first kappa shape index (κ1) is 26.4. The molecule has 4 heteroatoms. The van der Waals surface area contributed by atoms with Crippen LogP contribution in [0.5, 0.6) is 0 Å². The van der Waals surface area contributed by atoms with Crippen molar-refractivity contribution >= 4 is 41.1 Å². The van der Waals surface area contributed by atoms with E-state index in [0.29, 0.717) is 6.42 Å². The highest BCUT2D eigenvalue weighted by Gasteiger charge is 2.44. The second-order valence-corrected chi connectivity index (χ2v) is 13.5. The Morgan fingerprint density at radius 2 is 0.842 bits per heavy atom. The van der Waals surface area contributed by atoms with Gasteiger partial charge in [0.05, 0.1) is 0 Å². The second kappa shape index (κ2) is 13.1. The van der Waals surface area contributed by atoms with Crippen molar-refractivity contribution in [3.05, 3.63) is 163 Å². The maximum atomic E-state index is 13.8. The number of rotatable bonds is 11. The Hall–Kier alpha value is -3.18. The fraction of sp³-hybridized carbons (Fsp3) is 0.0882. The predicted octanol–water partition coefficient (Wildman–Crippen LogP) is 10.1. The van der Waals surface area contributed by atoms with Gasteiger partial charge in [0.25, 0.3) is 0 Å². The molecule has 0 aliphatic carbocycles. The van der Waals surface area contributed by atoms with Crippen LogP contribution in [0.15, 0.2) is 166 Å². The van der Waals surface area contributed by atoms with Gasteiger partial charge >= 0.3 is 0 Å². The van der Waals surface area contributed by atoms with Crippen LogP contribution in [0.1, 0.15) is 28.3 Å². The molecule has 1 nitrogen and oxygen atoms in total. The van der Waals surface area contributed by atoms with Crippen LogP contribution in [0.3, 0.4) is 0 Å². The zero-order valence-electron chi connectivity index (χ0n) is 20.9. The molecule has 0 N–H and O–H groups in total. The molecular formula is C34H28OS3. The van der Waals surface area contributed by atoms with Crippen LogP contribution in [-0.4, -0.2) is 9.19 Å². The minimum Gasteiger partial charge on any atom is -0.294 e. The number of carbonyl (C=O) groups is 1. The zero-order valence-corrected chi connectivity index (χ0v) is 23.3. The molecular weight excluding hydrogens is 521 g/mol. The van der Waals surface area contributed by atoms with E-state index >= 15 is 0 Å². The van der Waals surface area contributed by atoms with Gasteiger partial charge in [0.15, 0.2) is 5.78 Å². The lowest BCUT2D eigenvalue weighted by Crippen LogP contribution is -2.28. The highest BCUT2D eigenvalue weighted by Crippen LogP contribution is 2.63. The van der Waals surface area contributed by atoms with Crippen LogP contribution >= 0.6 is 35.3 Å². The Morgan fingerprint density at radius 3 is 1.24 bits per heavy atom. The van der Waals surface area contributed by atoms with E-state index in [9.17, 15) is 4.79 Å². The summed E-state index contributed by atoms with van der Waals surface area (Å²) in [6.07, 6.45) is 0.396. The molecule has 0 bridgehead atoms. The summed E-state index contributed by atoms with van der Waals surface area (Å²) in [7, 11) is 0. The Balaban J connectivity index is 1.68. The van der Waals surface area contributed by atoms with Gasteiger partial charge in [-0.3, -0.25) is 4.79 Å². The van der Waals surface area contributed by atoms with Crippen molar-refractivity contribution in [1.82, 2.24) is 0 Å². The lowest BCUT2D eigenvalue weighted by Gasteiger charge is -2.39. The van der Waals surface area contributed by atoms with Gasteiger partial charge < -0.3 is 0 Å². The molecule has 0 amide bonds. The molecule has 0 unspecified atom stereocenters. The van der Waals surface area contributed by atoms with Crippen molar-refractivity contribution in [3.8, 4) is 0 Å². The molecule has 0 aliphatic rings. The van der Waals surface area contributed by atoms with Crippen molar-refractivity contribution in [3.63, 3.8) is 0 Å². The maximum Gasteiger partial charge on any atom is 0.163 e. The van der Waals surface area contributed by atoms with E-state index < -0.39 is 3.41 Å². The SMILES string of the molecule is O=C(C[C@H](c1ccccc1)C(Sc1ccccc1)(Sc1ccccc1)Sc1ccccc1)c1ccccc1. The molecule has 0 saturated carbocycles. The molecule has 5 aromatic carbocycles. The van der Waals surface area contributed by atoms with E-state index in [2.05, 4.69) is 97.1 Å². The fourth-order valence-corrected chi connectivity index (χ4v) is 9.48. The molecule has 0 heterocycles. The van der Waals surface area contributed by atoms with Crippen LogP contribution in [0.4, 0.5) is 0 Å². The first-order valence-electron chi connectivity index (χ1n) is 12.6. The molecule has 188 valence electrons. The smallest absolute Gasteiger partial charge is 0.163 e.